The fourth-order valence-corrected chi connectivity index (χ4v) is 5.78. The molecule has 2 aromatic carbocycles. The Bertz CT molecular complexity index is 1240. The van der Waals surface area contributed by atoms with Crippen LogP contribution < -0.4 is 0 Å². The minimum absolute atomic E-state index is 0.0394. The molecule has 5 rings (SSSR count). The molecule has 154 valence electrons. The van der Waals surface area contributed by atoms with E-state index in [9.17, 15) is 4.79 Å². The van der Waals surface area contributed by atoms with E-state index in [1.807, 2.05) is 61.0 Å². The van der Waals surface area contributed by atoms with Gasteiger partial charge in [0, 0.05) is 22.0 Å². The molecule has 4 heteroatoms. The van der Waals surface area contributed by atoms with Gasteiger partial charge < -0.3 is 4.79 Å². The molecule has 1 aromatic heterocycles. The maximum atomic E-state index is 13.1. The molecule has 0 fully saturated rings. The fourth-order valence-electron chi connectivity index (χ4n) is 5.78. The molecule has 2 atom stereocenters. The second-order valence-electron chi connectivity index (χ2n) is 9.36. The third-order valence-corrected chi connectivity index (χ3v) is 7.19. The molecule has 2 aliphatic carbocycles. The van der Waals surface area contributed by atoms with E-state index >= 15 is 0 Å². The molecule has 0 amide bonds. The van der Waals surface area contributed by atoms with Crippen LogP contribution in [0.25, 0.3) is 21.8 Å². The third kappa shape index (κ3) is 2.73. The summed E-state index contributed by atoms with van der Waals surface area (Å²) in [6.45, 7) is 13.8. The topological polar surface area (TPSA) is 39.2 Å². The van der Waals surface area contributed by atoms with E-state index in [1.165, 1.54) is 5.56 Å². The first-order valence-electron chi connectivity index (χ1n) is 10.8. The van der Waals surface area contributed by atoms with Gasteiger partial charge in [-0.05, 0) is 30.9 Å². The smallest absolute Gasteiger partial charge is 0.226 e. The van der Waals surface area contributed by atoms with Crippen LogP contribution in [0.15, 0.2) is 72.4 Å². The van der Waals surface area contributed by atoms with Crippen molar-refractivity contribution in [3.63, 3.8) is 0 Å². The first-order chi connectivity index (χ1) is 14.9. The van der Waals surface area contributed by atoms with Gasteiger partial charge in [0.2, 0.25) is 5.70 Å². The van der Waals surface area contributed by atoms with Crippen LogP contribution in [0.4, 0.5) is 0 Å². The van der Waals surface area contributed by atoms with Crippen molar-refractivity contribution < 1.29 is 4.79 Å². The lowest BCUT2D eigenvalue weighted by molar-refractivity contribution is -0.128. The van der Waals surface area contributed by atoms with Crippen molar-refractivity contribution in [2.45, 2.75) is 39.0 Å². The largest absolute Gasteiger partial charge is 0.307 e. The Hall–Kier alpha value is -3.45. The maximum absolute atomic E-state index is 13.1. The summed E-state index contributed by atoms with van der Waals surface area (Å²) in [5.41, 5.74) is 4.60. The van der Waals surface area contributed by atoms with Gasteiger partial charge in [-0.15, -0.1) is 0 Å². The van der Waals surface area contributed by atoms with E-state index in [1.54, 1.807) is 0 Å². The molecule has 0 bridgehead atoms. The number of allylic oxidation sites excluding steroid dienone is 2. The second kappa shape index (κ2) is 6.78. The van der Waals surface area contributed by atoms with Gasteiger partial charge in [-0.1, -0.05) is 75.4 Å². The zero-order valence-electron chi connectivity index (χ0n) is 18.1. The molecule has 0 N–H and O–H groups in total. The Balaban J connectivity index is 1.84. The SMILES string of the molecule is [C-]#[N+]C1=C[C@]2(C)c3c(c(-c4ccccc4)nn3-c3ccccc3)CC[C@H]2C(C)(C)C1=O. The molecular formula is C27H25N3O. The predicted molar refractivity (Wildman–Crippen MR) is 122 cm³/mol. The van der Waals surface area contributed by atoms with Crippen LogP contribution in [-0.2, 0) is 16.6 Å². The number of fused-ring (bicyclic) bond motifs is 3. The summed E-state index contributed by atoms with van der Waals surface area (Å²) in [6.07, 6.45) is 3.68. The van der Waals surface area contributed by atoms with E-state index in [4.69, 9.17) is 11.7 Å². The summed E-state index contributed by atoms with van der Waals surface area (Å²) in [5.74, 6) is 0.0655. The molecule has 31 heavy (non-hydrogen) atoms. The summed E-state index contributed by atoms with van der Waals surface area (Å²) >= 11 is 0. The number of rotatable bonds is 2. The van der Waals surface area contributed by atoms with Gasteiger partial charge in [0.25, 0.3) is 0 Å². The van der Waals surface area contributed by atoms with Crippen LogP contribution in [0.2, 0.25) is 0 Å². The zero-order chi connectivity index (χ0) is 21.8. The lowest BCUT2D eigenvalue weighted by Crippen LogP contribution is -2.51. The quantitative estimate of drug-likeness (QED) is 0.506. The molecule has 0 unspecified atom stereocenters. The fraction of sp³-hybridized carbons (Fsp3) is 0.296. The second-order valence-corrected chi connectivity index (χ2v) is 9.36. The van der Waals surface area contributed by atoms with Gasteiger partial charge in [0.05, 0.1) is 23.6 Å². The van der Waals surface area contributed by atoms with Crippen LogP contribution in [0, 0.1) is 17.9 Å². The molecule has 0 spiro atoms. The summed E-state index contributed by atoms with van der Waals surface area (Å²) < 4.78 is 2.05. The van der Waals surface area contributed by atoms with Gasteiger partial charge in [0.15, 0.2) is 5.78 Å². The van der Waals surface area contributed by atoms with E-state index < -0.39 is 10.8 Å². The van der Waals surface area contributed by atoms with E-state index in [0.29, 0.717) is 0 Å². The Morgan fingerprint density at radius 3 is 2.32 bits per heavy atom. The number of para-hydroxylation sites is 1. The Labute approximate surface area is 183 Å². The average molecular weight is 408 g/mol. The van der Waals surface area contributed by atoms with E-state index in [-0.39, 0.29) is 17.4 Å². The number of carbonyl (C=O) groups is 1. The Morgan fingerprint density at radius 1 is 1.03 bits per heavy atom. The van der Waals surface area contributed by atoms with Crippen molar-refractivity contribution in [3.8, 4) is 16.9 Å². The summed E-state index contributed by atoms with van der Waals surface area (Å²) in [4.78, 5) is 16.7. The number of ketones is 1. The van der Waals surface area contributed by atoms with Crippen molar-refractivity contribution in [2.24, 2.45) is 11.3 Å². The van der Waals surface area contributed by atoms with Crippen LogP contribution in [0.1, 0.15) is 38.4 Å². The van der Waals surface area contributed by atoms with Crippen LogP contribution in [0.5, 0.6) is 0 Å². The lowest BCUT2D eigenvalue weighted by Gasteiger charge is -2.50. The Morgan fingerprint density at radius 2 is 1.68 bits per heavy atom. The Kier molecular flexibility index (Phi) is 4.27. The number of nitrogens with zero attached hydrogens (tertiary/aromatic N) is 3. The highest BCUT2D eigenvalue weighted by molar-refractivity contribution is 6.02. The standard InChI is InChI=1S/C27H25N3O/c1-26(2)22-16-15-20-23(18-11-7-5-8-12-18)29-30(19-13-9-6-10-14-19)24(20)27(22,3)17-21(28-4)25(26)31/h5-14,17,22H,15-16H2,1-3H3/t22-,27-/m0/s1. The normalized spacial score (nSPS) is 24.0. The molecule has 0 saturated heterocycles. The van der Waals surface area contributed by atoms with Gasteiger partial charge in [-0.25, -0.2) is 9.53 Å². The number of carbonyl (C=O) groups excluding carboxylic acids is 1. The van der Waals surface area contributed by atoms with Crippen molar-refractivity contribution in [1.29, 1.82) is 0 Å². The molecule has 1 heterocycles. The first kappa shape index (κ1) is 19.5. The molecule has 0 radical (unpaired) electrons. The molecule has 4 nitrogen and oxygen atoms in total. The molecule has 2 aliphatic rings. The highest BCUT2D eigenvalue weighted by Crippen LogP contribution is 2.56. The van der Waals surface area contributed by atoms with Crippen LogP contribution in [0.3, 0.4) is 0 Å². The van der Waals surface area contributed by atoms with Crippen molar-refractivity contribution in [3.05, 3.63) is 95.1 Å². The number of aromatic nitrogens is 2. The highest BCUT2D eigenvalue weighted by atomic mass is 16.1. The number of hydrogen-bond acceptors (Lipinski definition) is 2. The molecular weight excluding hydrogens is 382 g/mol. The van der Waals surface area contributed by atoms with Crippen molar-refractivity contribution in [1.82, 2.24) is 9.78 Å². The summed E-state index contributed by atoms with van der Waals surface area (Å²) in [7, 11) is 0. The number of Topliss-reactive ketones (excluding diaryl/α,β-unsaturated/α-hetero) is 1. The monoisotopic (exact) mass is 407 g/mol. The maximum Gasteiger partial charge on any atom is 0.226 e. The van der Waals surface area contributed by atoms with E-state index in [2.05, 4.69) is 36.0 Å². The van der Waals surface area contributed by atoms with Gasteiger partial charge >= 0.3 is 0 Å². The third-order valence-electron chi connectivity index (χ3n) is 7.19. The minimum Gasteiger partial charge on any atom is -0.307 e. The minimum atomic E-state index is -0.597. The molecule has 3 aromatic rings. The average Bonchev–Trinajstić information content (AvgIpc) is 3.19. The first-order valence-corrected chi connectivity index (χ1v) is 10.8. The van der Waals surface area contributed by atoms with Crippen molar-refractivity contribution in [2.75, 3.05) is 0 Å². The summed E-state index contributed by atoms with van der Waals surface area (Å²) in [5, 5.41) is 5.11. The summed E-state index contributed by atoms with van der Waals surface area (Å²) in [6, 6.07) is 20.4. The molecule has 0 saturated carbocycles. The van der Waals surface area contributed by atoms with Gasteiger partial charge in [0.1, 0.15) is 0 Å². The zero-order valence-corrected chi connectivity index (χ0v) is 18.1. The predicted octanol–water partition coefficient (Wildman–Crippen LogP) is 5.77. The molecule has 0 aliphatic heterocycles. The van der Waals surface area contributed by atoms with Gasteiger partial charge in [-0.3, -0.25) is 0 Å². The number of hydrogen-bond donors (Lipinski definition) is 0. The van der Waals surface area contributed by atoms with Crippen molar-refractivity contribution >= 4 is 5.78 Å². The van der Waals surface area contributed by atoms with E-state index in [0.717, 1.165) is 35.5 Å². The number of benzene rings is 2. The van der Waals surface area contributed by atoms with Gasteiger partial charge in [-0.2, -0.15) is 5.10 Å². The lowest BCUT2D eigenvalue weighted by atomic mass is 9.53. The van der Waals surface area contributed by atoms with Crippen LogP contribution >= 0.6 is 0 Å². The highest BCUT2D eigenvalue weighted by Gasteiger charge is 2.55. The van der Waals surface area contributed by atoms with Crippen LogP contribution in [-0.4, -0.2) is 15.6 Å².